The first-order valence-electron chi connectivity index (χ1n) is 5.47. The van der Waals surface area contributed by atoms with E-state index in [1.54, 1.807) is 0 Å². The van der Waals surface area contributed by atoms with Crippen molar-refractivity contribution in [1.29, 1.82) is 0 Å². The highest BCUT2D eigenvalue weighted by atomic mass is 15.0. The third kappa shape index (κ3) is 2.83. The lowest BCUT2D eigenvalue weighted by molar-refractivity contribution is 1.09. The van der Waals surface area contributed by atoms with Gasteiger partial charge in [0.25, 0.3) is 0 Å². The Bertz CT molecular complexity index is 432. The van der Waals surface area contributed by atoms with Crippen LogP contribution < -0.4 is 5.32 Å². The Morgan fingerprint density at radius 1 is 1.06 bits per heavy atom. The molecule has 1 aromatic carbocycles. The number of aryl methyl sites for hydroxylation is 2. The van der Waals surface area contributed by atoms with Crippen LogP contribution in [0.4, 0.5) is 5.82 Å². The second-order valence-electron chi connectivity index (χ2n) is 4.01. The fourth-order valence-electron chi connectivity index (χ4n) is 1.66. The first-order chi connectivity index (χ1) is 7.74. The van der Waals surface area contributed by atoms with Gasteiger partial charge in [0, 0.05) is 12.2 Å². The lowest BCUT2D eigenvalue weighted by Crippen LogP contribution is -2.01. The zero-order chi connectivity index (χ0) is 11.4. The number of anilines is 1. The largest absolute Gasteiger partial charge is 0.366 e. The van der Waals surface area contributed by atoms with Crippen LogP contribution in [0.25, 0.3) is 0 Å². The van der Waals surface area contributed by atoms with Crippen LogP contribution in [0.3, 0.4) is 0 Å². The summed E-state index contributed by atoms with van der Waals surface area (Å²) >= 11 is 0. The number of hydrogen-bond acceptors (Lipinski definition) is 2. The average molecular weight is 212 g/mol. The summed E-state index contributed by atoms with van der Waals surface area (Å²) in [4.78, 5) is 4.40. The monoisotopic (exact) mass is 212 g/mol. The Morgan fingerprint density at radius 2 is 1.88 bits per heavy atom. The number of rotatable bonds is 3. The van der Waals surface area contributed by atoms with E-state index >= 15 is 0 Å². The van der Waals surface area contributed by atoms with Gasteiger partial charge in [0.15, 0.2) is 0 Å². The van der Waals surface area contributed by atoms with Crippen molar-refractivity contribution in [3.05, 3.63) is 59.3 Å². The fraction of sp³-hybridized carbons (Fsp3) is 0.214. The molecule has 2 nitrogen and oxygen atoms in total. The van der Waals surface area contributed by atoms with Crippen molar-refractivity contribution in [2.75, 3.05) is 5.32 Å². The summed E-state index contributed by atoms with van der Waals surface area (Å²) in [6, 6.07) is 14.5. The van der Waals surface area contributed by atoms with Crippen LogP contribution in [-0.2, 0) is 6.54 Å². The van der Waals surface area contributed by atoms with Gasteiger partial charge in [-0.05, 0) is 31.5 Å². The van der Waals surface area contributed by atoms with Gasteiger partial charge in [-0.3, -0.25) is 0 Å². The van der Waals surface area contributed by atoms with E-state index in [2.05, 4.69) is 41.5 Å². The number of nitrogens with zero attached hydrogens (tertiary/aromatic N) is 1. The van der Waals surface area contributed by atoms with Crippen molar-refractivity contribution in [3.63, 3.8) is 0 Å². The standard InChI is InChI=1S/C14H16N2/c1-11-5-3-7-13(9-11)10-15-14-8-4-6-12(2)16-14/h3-9H,10H2,1-2H3,(H,15,16). The second-order valence-corrected chi connectivity index (χ2v) is 4.01. The van der Waals surface area contributed by atoms with E-state index in [0.717, 1.165) is 18.1 Å². The second kappa shape index (κ2) is 4.79. The summed E-state index contributed by atoms with van der Waals surface area (Å²) in [5, 5.41) is 3.32. The number of benzene rings is 1. The Morgan fingerprint density at radius 3 is 2.62 bits per heavy atom. The van der Waals surface area contributed by atoms with Gasteiger partial charge in [0.05, 0.1) is 0 Å². The predicted octanol–water partition coefficient (Wildman–Crippen LogP) is 3.31. The minimum Gasteiger partial charge on any atom is -0.366 e. The highest BCUT2D eigenvalue weighted by molar-refractivity contribution is 5.36. The molecule has 0 aliphatic heterocycles. The van der Waals surface area contributed by atoms with Gasteiger partial charge in [0.1, 0.15) is 5.82 Å². The van der Waals surface area contributed by atoms with E-state index in [4.69, 9.17) is 0 Å². The number of hydrogen-bond donors (Lipinski definition) is 1. The van der Waals surface area contributed by atoms with Crippen LogP contribution in [0.2, 0.25) is 0 Å². The quantitative estimate of drug-likeness (QED) is 0.844. The zero-order valence-corrected chi connectivity index (χ0v) is 9.70. The predicted molar refractivity (Wildman–Crippen MR) is 67.5 cm³/mol. The molecule has 0 atom stereocenters. The third-order valence-corrected chi connectivity index (χ3v) is 2.44. The van der Waals surface area contributed by atoms with Gasteiger partial charge in [-0.15, -0.1) is 0 Å². The van der Waals surface area contributed by atoms with Crippen LogP contribution in [0, 0.1) is 13.8 Å². The lowest BCUT2D eigenvalue weighted by Gasteiger charge is -2.06. The van der Waals surface area contributed by atoms with Gasteiger partial charge in [-0.2, -0.15) is 0 Å². The van der Waals surface area contributed by atoms with Crippen molar-refractivity contribution >= 4 is 5.82 Å². The number of pyridine rings is 1. The van der Waals surface area contributed by atoms with E-state index in [1.165, 1.54) is 11.1 Å². The van der Waals surface area contributed by atoms with Gasteiger partial charge in [0.2, 0.25) is 0 Å². The molecule has 0 spiro atoms. The zero-order valence-electron chi connectivity index (χ0n) is 9.70. The van der Waals surface area contributed by atoms with Gasteiger partial charge in [-0.1, -0.05) is 35.9 Å². The summed E-state index contributed by atoms with van der Waals surface area (Å²) in [6.07, 6.45) is 0. The molecule has 1 heterocycles. The summed E-state index contributed by atoms with van der Waals surface area (Å²) in [7, 11) is 0. The number of nitrogens with one attached hydrogen (secondary N) is 1. The molecule has 0 bridgehead atoms. The van der Waals surface area contributed by atoms with E-state index in [9.17, 15) is 0 Å². The molecule has 1 aromatic heterocycles. The van der Waals surface area contributed by atoms with Gasteiger partial charge >= 0.3 is 0 Å². The molecule has 2 aromatic rings. The Labute approximate surface area is 96.4 Å². The van der Waals surface area contributed by atoms with E-state index < -0.39 is 0 Å². The summed E-state index contributed by atoms with van der Waals surface area (Å²) in [6.45, 7) is 4.92. The molecule has 2 heteroatoms. The maximum absolute atomic E-state index is 4.40. The third-order valence-electron chi connectivity index (χ3n) is 2.44. The molecule has 0 radical (unpaired) electrons. The maximum atomic E-state index is 4.40. The summed E-state index contributed by atoms with van der Waals surface area (Å²) in [5.41, 5.74) is 3.61. The first-order valence-corrected chi connectivity index (χ1v) is 5.47. The highest BCUT2D eigenvalue weighted by Gasteiger charge is 1.95. The van der Waals surface area contributed by atoms with Gasteiger partial charge in [-0.25, -0.2) is 4.98 Å². The molecule has 16 heavy (non-hydrogen) atoms. The molecule has 0 fully saturated rings. The molecule has 0 saturated heterocycles. The molecular formula is C14H16N2. The number of aromatic nitrogens is 1. The fourth-order valence-corrected chi connectivity index (χ4v) is 1.66. The molecule has 0 aliphatic rings. The smallest absolute Gasteiger partial charge is 0.126 e. The van der Waals surface area contributed by atoms with Gasteiger partial charge < -0.3 is 5.32 Å². The highest BCUT2D eigenvalue weighted by Crippen LogP contribution is 2.08. The summed E-state index contributed by atoms with van der Waals surface area (Å²) < 4.78 is 0. The van der Waals surface area contributed by atoms with Crippen LogP contribution in [0.1, 0.15) is 16.8 Å². The molecule has 1 N–H and O–H groups in total. The van der Waals surface area contributed by atoms with Crippen molar-refractivity contribution < 1.29 is 0 Å². The Hall–Kier alpha value is -1.83. The van der Waals surface area contributed by atoms with Crippen molar-refractivity contribution in [2.45, 2.75) is 20.4 Å². The first kappa shape index (κ1) is 10.7. The molecule has 0 aliphatic carbocycles. The van der Waals surface area contributed by atoms with E-state index in [-0.39, 0.29) is 0 Å². The minimum absolute atomic E-state index is 0.818. The normalized spacial score (nSPS) is 10.1. The topological polar surface area (TPSA) is 24.9 Å². The SMILES string of the molecule is Cc1cccc(CNc2cccc(C)n2)c1. The van der Waals surface area contributed by atoms with Crippen LogP contribution in [0.5, 0.6) is 0 Å². The van der Waals surface area contributed by atoms with Crippen LogP contribution in [-0.4, -0.2) is 4.98 Å². The molecule has 0 unspecified atom stereocenters. The Kier molecular flexibility index (Phi) is 3.20. The average Bonchev–Trinajstić information content (AvgIpc) is 2.27. The molecular weight excluding hydrogens is 196 g/mol. The van der Waals surface area contributed by atoms with Crippen LogP contribution >= 0.6 is 0 Å². The molecule has 82 valence electrons. The van der Waals surface area contributed by atoms with E-state index in [1.807, 2.05) is 25.1 Å². The molecule has 0 saturated carbocycles. The van der Waals surface area contributed by atoms with E-state index in [0.29, 0.717) is 0 Å². The lowest BCUT2D eigenvalue weighted by atomic mass is 10.1. The van der Waals surface area contributed by atoms with Crippen LogP contribution in [0.15, 0.2) is 42.5 Å². The minimum atomic E-state index is 0.818. The molecule has 0 amide bonds. The summed E-state index contributed by atoms with van der Waals surface area (Å²) in [5.74, 6) is 0.932. The Balaban J connectivity index is 2.02. The molecule has 2 rings (SSSR count). The van der Waals surface area contributed by atoms with Crippen molar-refractivity contribution in [1.82, 2.24) is 4.98 Å². The van der Waals surface area contributed by atoms with Crippen molar-refractivity contribution in [3.8, 4) is 0 Å². The maximum Gasteiger partial charge on any atom is 0.126 e. The van der Waals surface area contributed by atoms with Crippen molar-refractivity contribution in [2.24, 2.45) is 0 Å².